The van der Waals surface area contributed by atoms with Crippen LogP contribution in [0.1, 0.15) is 0 Å². The zero-order chi connectivity index (χ0) is 43.0. The Bertz CT molecular complexity index is 4320. The summed E-state index contributed by atoms with van der Waals surface area (Å²) in [4.78, 5) is 16.4. The van der Waals surface area contributed by atoms with Crippen LogP contribution >= 0.6 is 34.0 Å². The second-order valence-electron chi connectivity index (χ2n) is 17.1. The Morgan fingerprint density at radius 3 is 1.30 bits per heavy atom. The van der Waals surface area contributed by atoms with E-state index in [0.717, 1.165) is 38.1 Å². The van der Waals surface area contributed by atoms with Crippen LogP contribution in [0.3, 0.4) is 0 Å². The van der Waals surface area contributed by atoms with Crippen LogP contribution in [-0.4, -0.2) is 19.5 Å². The van der Waals surface area contributed by atoms with Gasteiger partial charge in [0, 0.05) is 93.7 Å². The highest BCUT2D eigenvalue weighted by Crippen LogP contribution is 2.46. The predicted octanol–water partition coefficient (Wildman–Crippen LogP) is 17.4. The van der Waals surface area contributed by atoms with Crippen LogP contribution in [0.15, 0.2) is 194 Å². The molecule has 0 amide bonds. The monoisotopic (exact) mass is 892 g/mol. The molecule has 15 aromatic rings. The number of hydrogen-bond acceptors (Lipinski definition) is 6. The fraction of sp³-hybridized carbons (Fsp3) is 0. The fourth-order valence-electron chi connectivity index (χ4n) is 10.4. The normalized spacial score (nSPS) is 12.2. The summed E-state index contributed by atoms with van der Waals surface area (Å²) in [5.74, 6) is 1.95. The third kappa shape index (κ3) is 5.33. The Balaban J connectivity index is 1.04. The van der Waals surface area contributed by atoms with Gasteiger partial charge >= 0.3 is 0 Å². The van der Waals surface area contributed by atoms with E-state index in [1.165, 1.54) is 88.1 Å². The van der Waals surface area contributed by atoms with Gasteiger partial charge in [-0.1, -0.05) is 115 Å². The second-order valence-corrected chi connectivity index (χ2v) is 20.3. The van der Waals surface area contributed by atoms with Gasteiger partial charge in [-0.15, -0.1) is 34.0 Å². The molecular weight excluding hydrogens is 861 g/mol. The molecule has 0 spiro atoms. The molecule has 0 aliphatic carbocycles. The lowest BCUT2D eigenvalue weighted by atomic mass is 10.00. The number of benzene rings is 10. The molecule has 306 valence electrons. The molecule has 5 aromatic heterocycles. The van der Waals surface area contributed by atoms with E-state index in [4.69, 9.17) is 15.0 Å². The first-order chi connectivity index (χ1) is 32.7. The van der Waals surface area contributed by atoms with Gasteiger partial charge in [-0.25, -0.2) is 15.0 Å². The van der Waals surface area contributed by atoms with Gasteiger partial charge in [-0.05, 0) is 100 Å². The van der Waals surface area contributed by atoms with Crippen molar-refractivity contribution in [1.82, 2.24) is 19.5 Å². The van der Waals surface area contributed by atoms with Gasteiger partial charge in [0.05, 0.1) is 11.0 Å². The van der Waals surface area contributed by atoms with Crippen LogP contribution in [0, 0.1) is 0 Å². The quantitative estimate of drug-likeness (QED) is 0.177. The molecule has 0 radical (unpaired) electrons. The second kappa shape index (κ2) is 13.8. The minimum absolute atomic E-state index is 0.649. The molecule has 66 heavy (non-hydrogen) atoms. The Morgan fingerprint density at radius 2 is 0.758 bits per heavy atom. The van der Waals surface area contributed by atoms with Crippen LogP contribution in [0.2, 0.25) is 0 Å². The average Bonchev–Trinajstić information content (AvgIpc) is 4.14. The molecule has 4 nitrogen and oxygen atoms in total. The van der Waals surface area contributed by atoms with Crippen molar-refractivity contribution in [2.24, 2.45) is 0 Å². The first-order valence-corrected chi connectivity index (χ1v) is 24.5. The van der Waals surface area contributed by atoms with E-state index in [9.17, 15) is 0 Å². The number of rotatable bonds is 4. The molecule has 10 aromatic carbocycles. The van der Waals surface area contributed by atoms with Gasteiger partial charge < -0.3 is 4.57 Å². The predicted molar refractivity (Wildman–Crippen MR) is 284 cm³/mol. The van der Waals surface area contributed by atoms with E-state index >= 15 is 0 Å². The summed E-state index contributed by atoms with van der Waals surface area (Å²) in [6.45, 7) is 0. The molecule has 0 fully saturated rings. The first kappa shape index (κ1) is 36.5. The van der Waals surface area contributed by atoms with Crippen molar-refractivity contribution in [3.8, 4) is 39.9 Å². The minimum atomic E-state index is 0.649. The van der Waals surface area contributed by atoms with Gasteiger partial charge in [0.25, 0.3) is 0 Å². The van der Waals surface area contributed by atoms with E-state index in [1.54, 1.807) is 11.3 Å². The average molecular weight is 893 g/mol. The lowest BCUT2D eigenvalue weighted by Crippen LogP contribution is -2.01. The third-order valence-corrected chi connectivity index (χ3v) is 16.9. The molecular formula is C59H32N4S3. The molecule has 0 aliphatic rings. The van der Waals surface area contributed by atoms with E-state index in [1.807, 2.05) is 22.7 Å². The van der Waals surface area contributed by atoms with E-state index < -0.39 is 0 Å². The maximum absolute atomic E-state index is 5.50. The standard InChI is InChI=1S/C59H32N4S3/c1-3-13-38-33(11-1)21-25-47-54(38)55-39-14-4-2-12-34(39)22-26-48(55)63(47)37-31-45-42-17-7-10-20-51(42)66-56(45)46(32-37)59-61-57(35-23-27-52-43(29-35)40-15-5-8-18-49(40)64-52)60-58(62-59)36-24-28-53-44(30-36)41-16-6-9-19-50(41)65-53/h1-32H. The van der Waals surface area contributed by atoms with Gasteiger partial charge in [0.2, 0.25) is 0 Å². The van der Waals surface area contributed by atoms with Crippen LogP contribution in [0.4, 0.5) is 0 Å². The molecule has 0 unspecified atom stereocenters. The molecule has 5 heterocycles. The fourth-order valence-corrected chi connectivity index (χ4v) is 13.8. The highest BCUT2D eigenvalue weighted by atomic mass is 32.1. The summed E-state index contributed by atoms with van der Waals surface area (Å²) in [5.41, 5.74) is 6.29. The van der Waals surface area contributed by atoms with E-state index in [-0.39, 0.29) is 0 Å². The molecule has 0 saturated heterocycles. The summed E-state index contributed by atoms with van der Waals surface area (Å²) >= 11 is 5.45. The van der Waals surface area contributed by atoms with Crippen LogP contribution in [0.5, 0.6) is 0 Å². The Morgan fingerprint density at radius 1 is 0.318 bits per heavy atom. The third-order valence-electron chi connectivity index (χ3n) is 13.4. The van der Waals surface area contributed by atoms with Crippen LogP contribution in [0.25, 0.3) is 144 Å². The lowest BCUT2D eigenvalue weighted by molar-refractivity contribution is 1.08. The number of thiophene rings is 3. The number of fused-ring (bicyclic) bond motifs is 16. The Kier molecular flexibility index (Phi) is 7.66. The molecule has 0 saturated carbocycles. The summed E-state index contributed by atoms with van der Waals surface area (Å²) in [6, 6.07) is 70.8. The van der Waals surface area contributed by atoms with Crippen molar-refractivity contribution in [3.05, 3.63) is 194 Å². The molecule has 0 atom stereocenters. The van der Waals surface area contributed by atoms with Crippen molar-refractivity contribution in [2.45, 2.75) is 0 Å². The maximum Gasteiger partial charge on any atom is 0.165 e. The zero-order valence-corrected chi connectivity index (χ0v) is 37.4. The van der Waals surface area contributed by atoms with Crippen molar-refractivity contribution < 1.29 is 0 Å². The summed E-state index contributed by atoms with van der Waals surface area (Å²) < 4.78 is 9.88. The van der Waals surface area contributed by atoms with Gasteiger partial charge in [0.15, 0.2) is 17.5 Å². The van der Waals surface area contributed by atoms with Gasteiger partial charge in [-0.2, -0.15) is 0 Å². The topological polar surface area (TPSA) is 43.6 Å². The Hall–Kier alpha value is -7.81. The number of nitrogens with zero attached hydrogens (tertiary/aromatic N) is 4. The summed E-state index contributed by atoms with van der Waals surface area (Å²) in [5, 5.41) is 14.8. The first-order valence-electron chi connectivity index (χ1n) is 22.1. The number of hydrogen-bond donors (Lipinski definition) is 0. The lowest BCUT2D eigenvalue weighted by Gasteiger charge is -2.13. The van der Waals surface area contributed by atoms with Crippen molar-refractivity contribution in [1.29, 1.82) is 0 Å². The molecule has 7 heteroatoms. The number of aromatic nitrogens is 4. The molecule has 15 rings (SSSR count). The molecule has 0 N–H and O–H groups in total. The van der Waals surface area contributed by atoms with Crippen molar-refractivity contribution in [3.63, 3.8) is 0 Å². The Labute approximate surface area is 388 Å². The van der Waals surface area contributed by atoms with Crippen molar-refractivity contribution >= 4 is 138 Å². The SMILES string of the molecule is c1ccc2c(c1)ccc1c2c2c3ccccc3ccc2n1-c1cc(-c2nc(-c3ccc4sc5ccccc5c4c3)nc(-c3ccc4sc5ccccc5c4c3)n2)c2sc3ccccc3c2c1. The highest BCUT2D eigenvalue weighted by molar-refractivity contribution is 7.26. The minimum Gasteiger partial charge on any atom is -0.309 e. The van der Waals surface area contributed by atoms with E-state index in [2.05, 4.69) is 199 Å². The van der Waals surface area contributed by atoms with E-state index in [0.29, 0.717) is 17.5 Å². The van der Waals surface area contributed by atoms with Crippen LogP contribution in [-0.2, 0) is 0 Å². The zero-order valence-electron chi connectivity index (χ0n) is 35.0. The summed E-state index contributed by atoms with van der Waals surface area (Å²) in [6.07, 6.45) is 0. The van der Waals surface area contributed by atoms with Crippen LogP contribution < -0.4 is 0 Å². The summed E-state index contributed by atoms with van der Waals surface area (Å²) in [7, 11) is 0. The largest absolute Gasteiger partial charge is 0.309 e. The molecule has 0 bridgehead atoms. The maximum atomic E-state index is 5.50. The van der Waals surface area contributed by atoms with Crippen molar-refractivity contribution in [2.75, 3.05) is 0 Å². The highest BCUT2D eigenvalue weighted by Gasteiger charge is 2.23. The smallest absolute Gasteiger partial charge is 0.165 e. The molecule has 0 aliphatic heterocycles. The van der Waals surface area contributed by atoms with Gasteiger partial charge in [0.1, 0.15) is 0 Å². The van der Waals surface area contributed by atoms with Gasteiger partial charge in [-0.3, -0.25) is 0 Å².